The van der Waals surface area contributed by atoms with Gasteiger partial charge in [-0.1, -0.05) is 13.8 Å². The molecule has 0 saturated heterocycles. The first-order valence-electron chi connectivity index (χ1n) is 5.12. The molecule has 0 saturated carbocycles. The standard InChI is InChI=1S/C11H15N3O/c1-6(2)8-11(15)14-9-7(3)4-5-12-10(9)13-8/h4-6,8H,1-3H3,(H,12,13)(H,14,15). The van der Waals surface area contributed by atoms with Crippen molar-refractivity contribution in [1.29, 1.82) is 0 Å². The van der Waals surface area contributed by atoms with E-state index >= 15 is 0 Å². The van der Waals surface area contributed by atoms with Gasteiger partial charge in [-0.2, -0.15) is 0 Å². The highest BCUT2D eigenvalue weighted by Gasteiger charge is 2.29. The van der Waals surface area contributed by atoms with Gasteiger partial charge in [-0.05, 0) is 24.5 Å². The fourth-order valence-corrected chi connectivity index (χ4v) is 1.71. The molecular weight excluding hydrogens is 190 g/mol. The Hall–Kier alpha value is -1.58. The third-order valence-corrected chi connectivity index (χ3v) is 2.65. The van der Waals surface area contributed by atoms with Crippen molar-refractivity contribution in [3.8, 4) is 0 Å². The zero-order chi connectivity index (χ0) is 11.0. The number of hydrogen-bond donors (Lipinski definition) is 2. The smallest absolute Gasteiger partial charge is 0.247 e. The molecule has 1 aliphatic heterocycles. The molecule has 0 spiro atoms. The van der Waals surface area contributed by atoms with Gasteiger partial charge in [0.15, 0.2) is 5.82 Å². The lowest BCUT2D eigenvalue weighted by Crippen LogP contribution is -2.42. The average Bonchev–Trinajstić information content (AvgIpc) is 2.18. The van der Waals surface area contributed by atoms with E-state index in [0.717, 1.165) is 17.1 Å². The van der Waals surface area contributed by atoms with Crippen LogP contribution in [0.2, 0.25) is 0 Å². The zero-order valence-electron chi connectivity index (χ0n) is 9.16. The van der Waals surface area contributed by atoms with Crippen molar-refractivity contribution in [3.05, 3.63) is 17.8 Å². The molecule has 80 valence electrons. The number of aryl methyl sites for hydroxylation is 1. The molecule has 1 aromatic heterocycles. The van der Waals surface area contributed by atoms with Crippen LogP contribution in [0, 0.1) is 12.8 Å². The summed E-state index contributed by atoms with van der Waals surface area (Å²) in [5, 5.41) is 6.06. The minimum atomic E-state index is -0.188. The largest absolute Gasteiger partial charge is 0.356 e. The molecule has 0 bridgehead atoms. The Morgan fingerprint density at radius 2 is 2.20 bits per heavy atom. The van der Waals surface area contributed by atoms with Crippen LogP contribution in [0.3, 0.4) is 0 Å². The van der Waals surface area contributed by atoms with Gasteiger partial charge in [-0.15, -0.1) is 0 Å². The van der Waals surface area contributed by atoms with Gasteiger partial charge in [0.2, 0.25) is 5.91 Å². The van der Waals surface area contributed by atoms with E-state index in [1.165, 1.54) is 0 Å². The van der Waals surface area contributed by atoms with E-state index in [2.05, 4.69) is 15.6 Å². The molecule has 0 radical (unpaired) electrons. The van der Waals surface area contributed by atoms with Crippen LogP contribution >= 0.6 is 0 Å². The van der Waals surface area contributed by atoms with Gasteiger partial charge >= 0.3 is 0 Å². The number of aromatic nitrogens is 1. The molecule has 0 aliphatic carbocycles. The van der Waals surface area contributed by atoms with Gasteiger partial charge in [0.25, 0.3) is 0 Å². The Labute approximate surface area is 89.1 Å². The van der Waals surface area contributed by atoms with Crippen molar-refractivity contribution >= 4 is 17.4 Å². The number of rotatable bonds is 1. The highest BCUT2D eigenvalue weighted by Crippen LogP contribution is 2.28. The van der Waals surface area contributed by atoms with Crippen molar-refractivity contribution in [2.75, 3.05) is 10.6 Å². The topological polar surface area (TPSA) is 54.0 Å². The van der Waals surface area contributed by atoms with Gasteiger partial charge < -0.3 is 10.6 Å². The summed E-state index contributed by atoms with van der Waals surface area (Å²) in [6, 6.07) is 1.70. The highest BCUT2D eigenvalue weighted by molar-refractivity contribution is 6.03. The maximum atomic E-state index is 11.7. The van der Waals surface area contributed by atoms with Crippen molar-refractivity contribution in [2.45, 2.75) is 26.8 Å². The lowest BCUT2D eigenvalue weighted by atomic mass is 10.0. The zero-order valence-corrected chi connectivity index (χ0v) is 9.16. The fraction of sp³-hybridized carbons (Fsp3) is 0.455. The Balaban J connectivity index is 2.38. The minimum absolute atomic E-state index is 0.0219. The summed E-state index contributed by atoms with van der Waals surface area (Å²) >= 11 is 0. The average molecular weight is 205 g/mol. The van der Waals surface area contributed by atoms with E-state index in [9.17, 15) is 4.79 Å². The molecule has 0 fully saturated rings. The van der Waals surface area contributed by atoms with Gasteiger partial charge in [-0.3, -0.25) is 4.79 Å². The molecule has 1 aliphatic rings. The maximum absolute atomic E-state index is 11.7. The van der Waals surface area contributed by atoms with E-state index in [1.807, 2.05) is 26.8 Å². The number of nitrogens with one attached hydrogen (secondary N) is 2. The Kier molecular flexibility index (Phi) is 2.34. The number of nitrogens with zero attached hydrogens (tertiary/aromatic N) is 1. The van der Waals surface area contributed by atoms with Crippen LogP contribution in [0.25, 0.3) is 0 Å². The first-order valence-corrected chi connectivity index (χ1v) is 5.12. The first-order chi connectivity index (χ1) is 7.09. The molecule has 2 heterocycles. The summed E-state index contributed by atoms with van der Waals surface area (Å²) in [6.07, 6.45) is 1.75. The second-order valence-corrected chi connectivity index (χ2v) is 4.21. The Morgan fingerprint density at radius 1 is 1.47 bits per heavy atom. The second kappa shape index (κ2) is 3.53. The van der Waals surface area contributed by atoms with E-state index in [4.69, 9.17) is 0 Å². The van der Waals surface area contributed by atoms with Crippen LogP contribution in [0.5, 0.6) is 0 Å². The highest BCUT2D eigenvalue weighted by atomic mass is 16.2. The summed E-state index contributed by atoms with van der Waals surface area (Å²) < 4.78 is 0. The molecule has 1 aromatic rings. The first kappa shape index (κ1) is 9.96. The Bertz CT molecular complexity index is 401. The summed E-state index contributed by atoms with van der Waals surface area (Å²) in [4.78, 5) is 16.0. The van der Waals surface area contributed by atoms with E-state index in [0.29, 0.717) is 0 Å². The molecule has 1 atom stereocenters. The monoisotopic (exact) mass is 205 g/mol. The number of carbonyl (C=O) groups excluding carboxylic acids is 1. The molecule has 0 aromatic carbocycles. The van der Waals surface area contributed by atoms with Gasteiger partial charge in [-0.25, -0.2) is 4.98 Å². The molecule has 2 rings (SSSR count). The number of hydrogen-bond acceptors (Lipinski definition) is 3. The van der Waals surface area contributed by atoms with Gasteiger partial charge in [0, 0.05) is 6.20 Å². The minimum Gasteiger partial charge on any atom is -0.356 e. The number of carbonyl (C=O) groups is 1. The number of amides is 1. The summed E-state index contributed by atoms with van der Waals surface area (Å²) in [5.41, 5.74) is 1.84. The third kappa shape index (κ3) is 1.67. The van der Waals surface area contributed by atoms with Crippen LogP contribution in [0.15, 0.2) is 12.3 Å². The predicted molar refractivity (Wildman–Crippen MR) is 59.9 cm³/mol. The quantitative estimate of drug-likeness (QED) is 0.734. The maximum Gasteiger partial charge on any atom is 0.247 e. The van der Waals surface area contributed by atoms with Crippen molar-refractivity contribution in [1.82, 2.24) is 4.98 Å². The van der Waals surface area contributed by atoms with Crippen molar-refractivity contribution < 1.29 is 4.79 Å². The van der Waals surface area contributed by atoms with Crippen LogP contribution in [-0.4, -0.2) is 16.9 Å². The lowest BCUT2D eigenvalue weighted by Gasteiger charge is -2.29. The predicted octanol–water partition coefficient (Wildman–Crippen LogP) is 1.78. The summed E-state index contributed by atoms with van der Waals surface area (Å²) in [5.74, 6) is 1.04. The molecule has 1 unspecified atom stereocenters. The van der Waals surface area contributed by atoms with E-state index in [1.54, 1.807) is 6.20 Å². The van der Waals surface area contributed by atoms with E-state index < -0.39 is 0 Å². The van der Waals surface area contributed by atoms with Crippen molar-refractivity contribution in [3.63, 3.8) is 0 Å². The third-order valence-electron chi connectivity index (χ3n) is 2.65. The molecule has 1 amide bonds. The normalized spacial score (nSPS) is 19.5. The fourth-order valence-electron chi connectivity index (χ4n) is 1.71. The molecule has 2 N–H and O–H groups in total. The Morgan fingerprint density at radius 3 is 2.87 bits per heavy atom. The van der Waals surface area contributed by atoms with Gasteiger partial charge in [0.05, 0.1) is 5.69 Å². The molecule has 4 heteroatoms. The number of pyridine rings is 1. The SMILES string of the molecule is Cc1ccnc2c1NC(=O)C(C(C)C)N2. The van der Waals surface area contributed by atoms with Crippen LogP contribution in [0.1, 0.15) is 19.4 Å². The summed E-state index contributed by atoms with van der Waals surface area (Å²) in [6.45, 7) is 5.98. The van der Waals surface area contributed by atoms with Crippen LogP contribution in [0.4, 0.5) is 11.5 Å². The van der Waals surface area contributed by atoms with Crippen molar-refractivity contribution in [2.24, 2.45) is 5.92 Å². The van der Waals surface area contributed by atoms with Crippen LogP contribution in [-0.2, 0) is 4.79 Å². The lowest BCUT2D eigenvalue weighted by molar-refractivity contribution is -0.117. The van der Waals surface area contributed by atoms with E-state index in [-0.39, 0.29) is 17.9 Å². The summed E-state index contributed by atoms with van der Waals surface area (Å²) in [7, 11) is 0. The second-order valence-electron chi connectivity index (χ2n) is 4.21. The van der Waals surface area contributed by atoms with Crippen LogP contribution < -0.4 is 10.6 Å². The number of anilines is 2. The molecule has 4 nitrogen and oxygen atoms in total. The molecule has 15 heavy (non-hydrogen) atoms. The number of fused-ring (bicyclic) bond motifs is 1. The molecular formula is C11H15N3O. The van der Waals surface area contributed by atoms with Gasteiger partial charge in [0.1, 0.15) is 6.04 Å².